The molecule has 0 aliphatic carbocycles. The summed E-state index contributed by atoms with van der Waals surface area (Å²) in [7, 11) is 2.04. The maximum Gasteiger partial charge on any atom is 0.130 e. The fourth-order valence-electron chi connectivity index (χ4n) is 2.26. The Hall–Kier alpha value is -1.27. The van der Waals surface area contributed by atoms with Crippen LogP contribution in [0.5, 0.6) is 11.5 Å². The number of aliphatic imine (C=N–C) groups is 1. The van der Waals surface area contributed by atoms with Crippen molar-refractivity contribution in [2.75, 3.05) is 13.6 Å². The third kappa shape index (κ3) is 5.11. The molecule has 0 atom stereocenters. The Morgan fingerprint density at radius 1 is 1.21 bits per heavy atom. The maximum atomic E-state index is 6.06. The number of aryl methyl sites for hydroxylation is 2. The molecule has 0 heterocycles. The lowest BCUT2D eigenvalue weighted by atomic mass is 10.1. The number of halogens is 2. The number of benzene rings is 2. The van der Waals surface area contributed by atoms with E-state index in [2.05, 4.69) is 45.5 Å². The molecule has 0 N–H and O–H groups in total. The molecule has 0 fully saturated rings. The molecule has 3 nitrogen and oxygen atoms in total. The summed E-state index contributed by atoms with van der Waals surface area (Å²) in [6.07, 6.45) is 2.99. The van der Waals surface area contributed by atoms with Gasteiger partial charge in [-0.25, -0.2) is 4.99 Å². The third-order valence-corrected chi connectivity index (χ3v) is 5.12. The molecule has 0 bridgehead atoms. The lowest BCUT2D eigenvalue weighted by molar-refractivity contribution is 0.478. The predicted molar refractivity (Wildman–Crippen MR) is 111 cm³/mol. The van der Waals surface area contributed by atoms with Gasteiger partial charge >= 0.3 is 0 Å². The van der Waals surface area contributed by atoms with Crippen LogP contribution in [0.3, 0.4) is 0 Å². The Morgan fingerprint density at radius 2 is 1.96 bits per heavy atom. The highest BCUT2D eigenvalue weighted by Crippen LogP contribution is 2.33. The summed E-state index contributed by atoms with van der Waals surface area (Å²) < 4.78 is 6.99. The van der Waals surface area contributed by atoms with Crippen LogP contribution >= 0.6 is 34.2 Å². The van der Waals surface area contributed by atoms with E-state index in [0.29, 0.717) is 0 Å². The summed E-state index contributed by atoms with van der Waals surface area (Å²) in [6, 6.07) is 9.75. The summed E-state index contributed by atoms with van der Waals surface area (Å²) in [6.45, 7) is 7.23. The second kappa shape index (κ2) is 8.72. The molecule has 0 amide bonds. The van der Waals surface area contributed by atoms with E-state index in [1.807, 2.05) is 51.5 Å². The molecular formula is C19H22ClIN2O. The number of nitrogens with zero attached hydrogens (tertiary/aromatic N) is 2. The van der Waals surface area contributed by atoms with E-state index in [9.17, 15) is 0 Å². The normalized spacial score (nSPS) is 11.1. The SMILES string of the molecule is CCCN(C)/C=N/c1cc(C)c(Oc2ccc(Cl)c(I)c2)cc1C. The second-order valence-electron chi connectivity index (χ2n) is 5.81. The van der Waals surface area contributed by atoms with Gasteiger partial charge in [-0.05, 0) is 84.3 Å². The molecule has 0 aliphatic rings. The standard InChI is InChI=1S/C19H22ClIN2O/c1-5-8-23(4)12-22-18-9-14(3)19(10-13(18)2)24-15-6-7-16(20)17(21)11-15/h6-7,9-12H,5,8H2,1-4H3/b22-12+. The Labute approximate surface area is 162 Å². The van der Waals surface area contributed by atoms with Crippen LogP contribution in [0.25, 0.3) is 0 Å². The molecule has 2 aromatic rings. The monoisotopic (exact) mass is 456 g/mol. The minimum absolute atomic E-state index is 0.733. The smallest absolute Gasteiger partial charge is 0.130 e. The van der Waals surface area contributed by atoms with Crippen molar-refractivity contribution < 1.29 is 4.74 Å². The summed E-state index contributed by atoms with van der Waals surface area (Å²) >= 11 is 8.26. The molecule has 0 saturated carbocycles. The molecule has 0 aromatic heterocycles. The predicted octanol–water partition coefficient (Wildman–Crippen LogP) is 6.36. The first kappa shape index (κ1) is 19.1. The Kier molecular flexibility index (Phi) is 6.92. The van der Waals surface area contributed by atoms with Gasteiger partial charge in [0.15, 0.2) is 0 Å². The first-order valence-corrected chi connectivity index (χ1v) is 9.35. The minimum Gasteiger partial charge on any atom is -0.457 e. The van der Waals surface area contributed by atoms with Crippen molar-refractivity contribution in [2.24, 2.45) is 4.99 Å². The molecule has 0 aliphatic heterocycles. The van der Waals surface area contributed by atoms with E-state index >= 15 is 0 Å². The molecule has 24 heavy (non-hydrogen) atoms. The van der Waals surface area contributed by atoms with Crippen molar-refractivity contribution in [1.29, 1.82) is 0 Å². The highest BCUT2D eigenvalue weighted by molar-refractivity contribution is 14.1. The van der Waals surface area contributed by atoms with Gasteiger partial charge in [-0.1, -0.05) is 18.5 Å². The van der Waals surface area contributed by atoms with Crippen LogP contribution in [0.2, 0.25) is 5.02 Å². The zero-order valence-electron chi connectivity index (χ0n) is 14.4. The number of rotatable bonds is 6. The van der Waals surface area contributed by atoms with E-state index in [4.69, 9.17) is 16.3 Å². The van der Waals surface area contributed by atoms with Gasteiger partial charge in [0.1, 0.15) is 11.5 Å². The molecule has 2 aromatic carbocycles. The van der Waals surface area contributed by atoms with Crippen LogP contribution in [-0.4, -0.2) is 24.8 Å². The molecule has 5 heteroatoms. The van der Waals surface area contributed by atoms with E-state index in [0.717, 1.165) is 49.9 Å². The molecule has 0 spiro atoms. The quantitative estimate of drug-likeness (QED) is 0.287. The van der Waals surface area contributed by atoms with Crippen LogP contribution in [0, 0.1) is 17.4 Å². The highest BCUT2D eigenvalue weighted by Gasteiger charge is 2.07. The molecule has 128 valence electrons. The van der Waals surface area contributed by atoms with Crippen LogP contribution in [0.15, 0.2) is 35.3 Å². The van der Waals surface area contributed by atoms with E-state index in [1.165, 1.54) is 0 Å². The highest BCUT2D eigenvalue weighted by atomic mass is 127. The Morgan fingerprint density at radius 3 is 2.62 bits per heavy atom. The van der Waals surface area contributed by atoms with Gasteiger partial charge in [0.05, 0.1) is 17.0 Å². The van der Waals surface area contributed by atoms with E-state index in [-0.39, 0.29) is 0 Å². The summed E-state index contributed by atoms with van der Waals surface area (Å²) in [5.41, 5.74) is 3.10. The minimum atomic E-state index is 0.733. The maximum absolute atomic E-state index is 6.06. The fraction of sp³-hybridized carbons (Fsp3) is 0.316. The second-order valence-corrected chi connectivity index (χ2v) is 7.38. The Balaban J connectivity index is 2.21. The summed E-state index contributed by atoms with van der Waals surface area (Å²) in [5.74, 6) is 1.62. The van der Waals surface area contributed by atoms with Gasteiger partial charge in [-0.15, -0.1) is 0 Å². The molecule has 0 radical (unpaired) electrons. The van der Waals surface area contributed by atoms with Crippen molar-refractivity contribution >= 4 is 46.2 Å². The van der Waals surface area contributed by atoms with Crippen LogP contribution in [0.4, 0.5) is 5.69 Å². The topological polar surface area (TPSA) is 24.8 Å². The third-order valence-electron chi connectivity index (χ3n) is 3.58. The van der Waals surface area contributed by atoms with Crippen LogP contribution < -0.4 is 4.74 Å². The van der Waals surface area contributed by atoms with Gasteiger partial charge in [0.2, 0.25) is 0 Å². The lowest BCUT2D eigenvalue weighted by Gasteiger charge is -2.13. The number of hydrogen-bond donors (Lipinski definition) is 0. The zero-order chi connectivity index (χ0) is 17.7. The van der Waals surface area contributed by atoms with Crippen molar-refractivity contribution in [3.05, 3.63) is 50.1 Å². The number of hydrogen-bond acceptors (Lipinski definition) is 2. The first-order valence-electron chi connectivity index (χ1n) is 7.89. The molecule has 2 rings (SSSR count). The largest absolute Gasteiger partial charge is 0.457 e. The average Bonchev–Trinajstić information content (AvgIpc) is 2.53. The number of ether oxygens (including phenoxy) is 1. The van der Waals surface area contributed by atoms with Gasteiger partial charge in [-0.2, -0.15) is 0 Å². The van der Waals surface area contributed by atoms with Gasteiger partial charge < -0.3 is 9.64 Å². The van der Waals surface area contributed by atoms with Crippen molar-refractivity contribution in [2.45, 2.75) is 27.2 Å². The first-order chi connectivity index (χ1) is 11.4. The van der Waals surface area contributed by atoms with Gasteiger partial charge in [0, 0.05) is 17.2 Å². The van der Waals surface area contributed by atoms with E-state index < -0.39 is 0 Å². The zero-order valence-corrected chi connectivity index (χ0v) is 17.4. The van der Waals surface area contributed by atoms with E-state index in [1.54, 1.807) is 0 Å². The van der Waals surface area contributed by atoms with Crippen LogP contribution in [0.1, 0.15) is 24.5 Å². The molecule has 0 saturated heterocycles. The summed E-state index contributed by atoms with van der Waals surface area (Å²) in [5, 5.41) is 0.733. The van der Waals surface area contributed by atoms with Crippen molar-refractivity contribution in [1.82, 2.24) is 4.90 Å². The van der Waals surface area contributed by atoms with Gasteiger partial charge in [-0.3, -0.25) is 0 Å². The van der Waals surface area contributed by atoms with Crippen LogP contribution in [-0.2, 0) is 0 Å². The molecule has 0 unspecified atom stereocenters. The summed E-state index contributed by atoms with van der Waals surface area (Å²) in [4.78, 5) is 6.68. The fourth-order valence-corrected chi connectivity index (χ4v) is 2.87. The van der Waals surface area contributed by atoms with Gasteiger partial charge in [0.25, 0.3) is 0 Å². The van der Waals surface area contributed by atoms with Crippen molar-refractivity contribution in [3.8, 4) is 11.5 Å². The van der Waals surface area contributed by atoms with Crippen molar-refractivity contribution in [3.63, 3.8) is 0 Å². The Bertz CT molecular complexity index is 746. The average molecular weight is 457 g/mol. The lowest BCUT2D eigenvalue weighted by Crippen LogP contribution is -2.16. The molecular weight excluding hydrogens is 435 g/mol.